The van der Waals surface area contributed by atoms with Crippen LogP contribution in [0.5, 0.6) is 0 Å². The molecule has 10 unspecified atom stereocenters. The highest BCUT2D eigenvalue weighted by atomic mass is 16.7. The van der Waals surface area contributed by atoms with Gasteiger partial charge in [-0.3, -0.25) is 0 Å². The molecule has 11 heteroatoms. The molecule has 11 nitrogen and oxygen atoms in total. The molecule has 0 aromatic rings. The van der Waals surface area contributed by atoms with Crippen LogP contribution in [0.1, 0.15) is 99.3 Å². The first-order valence-electron chi connectivity index (χ1n) is 17.7. The van der Waals surface area contributed by atoms with Crippen molar-refractivity contribution < 1.29 is 55.1 Å². The van der Waals surface area contributed by atoms with E-state index in [2.05, 4.69) is 27.7 Å². The first-order chi connectivity index (χ1) is 21.3. The van der Waals surface area contributed by atoms with Crippen LogP contribution in [-0.4, -0.2) is 114 Å². The Morgan fingerprint density at radius 3 is 2.15 bits per heavy atom. The molecule has 0 aromatic carbocycles. The Morgan fingerprint density at radius 2 is 1.54 bits per heavy atom. The minimum atomic E-state index is -1.58. The molecule has 16 atom stereocenters. The van der Waals surface area contributed by atoms with Gasteiger partial charge in [-0.2, -0.15) is 0 Å². The highest BCUT2D eigenvalue weighted by Gasteiger charge is 2.75. The summed E-state index contributed by atoms with van der Waals surface area (Å²) in [5.41, 5.74) is -4.09. The van der Waals surface area contributed by atoms with Crippen LogP contribution in [0, 0.1) is 45.8 Å². The molecule has 0 bridgehead atoms. The van der Waals surface area contributed by atoms with Crippen LogP contribution in [0.2, 0.25) is 0 Å². The van der Waals surface area contributed by atoms with E-state index < -0.39 is 94.6 Å². The predicted octanol–water partition coefficient (Wildman–Crippen LogP) is 1.44. The van der Waals surface area contributed by atoms with Crippen molar-refractivity contribution in [3.8, 4) is 0 Å². The van der Waals surface area contributed by atoms with Gasteiger partial charge in [-0.15, -0.1) is 0 Å². The quantitative estimate of drug-likeness (QED) is 0.193. The van der Waals surface area contributed by atoms with E-state index in [1.807, 2.05) is 0 Å². The molecular formula is C35H60O11. The van der Waals surface area contributed by atoms with E-state index in [4.69, 9.17) is 14.2 Å². The minimum Gasteiger partial charge on any atom is -0.396 e. The highest BCUT2D eigenvalue weighted by molar-refractivity contribution is 5.23. The first kappa shape index (κ1) is 35.4. The smallest absolute Gasteiger partial charge is 0.184 e. The van der Waals surface area contributed by atoms with Crippen molar-refractivity contribution >= 4 is 0 Å². The summed E-state index contributed by atoms with van der Waals surface area (Å²) >= 11 is 0. The zero-order valence-electron chi connectivity index (χ0n) is 28.5. The SMILES string of the molecule is CC(C)(O)C1CC[C@@](O)(C2CC[C@]3(O)C2C(O)CC2C4(C)CCC(CO)C(C)(C)C4[C@@H](OC4O[C@H](CO)[C@@H](O)C[C@H]4O)CC23C)O1. The van der Waals surface area contributed by atoms with Gasteiger partial charge in [-0.1, -0.05) is 27.7 Å². The number of hydrogen-bond donors (Lipinski definition) is 8. The monoisotopic (exact) mass is 656 g/mol. The maximum atomic E-state index is 13.0. The second-order valence-electron chi connectivity index (χ2n) is 17.7. The van der Waals surface area contributed by atoms with Gasteiger partial charge in [0.2, 0.25) is 0 Å². The minimum absolute atomic E-state index is 0.00272. The van der Waals surface area contributed by atoms with E-state index in [-0.39, 0.29) is 30.8 Å². The Labute approximate surface area is 273 Å². The molecule has 4 aliphatic carbocycles. The summed E-state index contributed by atoms with van der Waals surface area (Å²) in [6.45, 7) is 11.6. The van der Waals surface area contributed by atoms with E-state index in [0.29, 0.717) is 38.5 Å². The van der Waals surface area contributed by atoms with Crippen LogP contribution in [0.25, 0.3) is 0 Å². The summed E-state index contributed by atoms with van der Waals surface area (Å²) in [6.07, 6.45) is -2.12. The molecule has 46 heavy (non-hydrogen) atoms. The van der Waals surface area contributed by atoms with Crippen molar-refractivity contribution in [3.05, 3.63) is 0 Å². The Morgan fingerprint density at radius 1 is 0.848 bits per heavy atom. The molecule has 2 saturated heterocycles. The van der Waals surface area contributed by atoms with Crippen molar-refractivity contribution in [2.45, 2.75) is 159 Å². The lowest BCUT2D eigenvalue weighted by Gasteiger charge is -2.71. The van der Waals surface area contributed by atoms with Gasteiger partial charge in [0.15, 0.2) is 12.1 Å². The van der Waals surface area contributed by atoms with Crippen LogP contribution in [-0.2, 0) is 14.2 Å². The van der Waals surface area contributed by atoms with E-state index in [0.717, 1.165) is 12.8 Å². The molecule has 6 fully saturated rings. The van der Waals surface area contributed by atoms with Crippen LogP contribution in [0.3, 0.4) is 0 Å². The van der Waals surface area contributed by atoms with E-state index in [9.17, 15) is 40.9 Å². The van der Waals surface area contributed by atoms with Crippen LogP contribution in [0.4, 0.5) is 0 Å². The normalized spacial score (nSPS) is 55.4. The van der Waals surface area contributed by atoms with Gasteiger partial charge in [0.1, 0.15) is 12.2 Å². The zero-order valence-corrected chi connectivity index (χ0v) is 28.5. The van der Waals surface area contributed by atoms with Crippen LogP contribution >= 0.6 is 0 Å². The Balaban J connectivity index is 1.38. The van der Waals surface area contributed by atoms with Crippen molar-refractivity contribution in [3.63, 3.8) is 0 Å². The molecule has 0 amide bonds. The van der Waals surface area contributed by atoms with E-state index >= 15 is 0 Å². The zero-order chi connectivity index (χ0) is 33.8. The summed E-state index contributed by atoms with van der Waals surface area (Å²) in [7, 11) is 0. The van der Waals surface area contributed by atoms with Crippen molar-refractivity contribution in [1.82, 2.24) is 0 Å². The largest absolute Gasteiger partial charge is 0.396 e. The molecular weight excluding hydrogens is 596 g/mol. The molecule has 266 valence electrons. The summed E-state index contributed by atoms with van der Waals surface area (Å²) in [5.74, 6) is -3.00. The molecule has 0 radical (unpaired) electrons. The number of ether oxygens (including phenoxy) is 3. The van der Waals surface area contributed by atoms with Gasteiger partial charge >= 0.3 is 0 Å². The number of fused-ring (bicyclic) bond motifs is 5. The summed E-state index contributed by atoms with van der Waals surface area (Å²) in [4.78, 5) is 0. The summed E-state index contributed by atoms with van der Waals surface area (Å²) < 4.78 is 18.9. The van der Waals surface area contributed by atoms with Gasteiger partial charge in [0, 0.05) is 36.7 Å². The van der Waals surface area contributed by atoms with E-state index in [1.54, 1.807) is 13.8 Å². The Kier molecular flexibility index (Phi) is 8.89. The second-order valence-corrected chi connectivity index (χ2v) is 17.7. The molecule has 6 rings (SSSR count). The summed E-state index contributed by atoms with van der Waals surface area (Å²) in [6, 6.07) is 0. The fraction of sp³-hybridized carbons (Fsp3) is 1.00. The fourth-order valence-electron chi connectivity index (χ4n) is 12.3. The lowest BCUT2D eigenvalue weighted by atomic mass is 9.35. The second kappa shape index (κ2) is 11.5. The molecule has 2 heterocycles. The van der Waals surface area contributed by atoms with Crippen molar-refractivity contribution in [2.24, 2.45) is 45.8 Å². The molecule has 2 aliphatic heterocycles. The van der Waals surface area contributed by atoms with Gasteiger partial charge in [0.05, 0.1) is 42.2 Å². The molecule has 4 saturated carbocycles. The Hall–Kier alpha value is -0.440. The standard InChI is InChI=1S/C35H60O11/c1-30(2)18(16-36)7-10-32(5)25-14-21(39)27-19(35(43)12-9-26(46-35)31(3,4)41)8-11-34(27,42)33(25,6)15-23(28(30)32)44-29-22(40)13-20(38)24(17-37)45-29/h18-29,36-43H,7-17H2,1-6H3/t18?,19?,20-,21?,22+,23-,24+,25?,26?,27?,28?,29?,32?,33?,34-,35-/m0/s1. The lowest BCUT2D eigenvalue weighted by Crippen LogP contribution is -2.73. The molecule has 0 spiro atoms. The molecule has 8 N–H and O–H groups in total. The predicted molar refractivity (Wildman–Crippen MR) is 166 cm³/mol. The third-order valence-corrected chi connectivity index (χ3v) is 14.6. The lowest BCUT2D eigenvalue weighted by molar-refractivity contribution is -0.343. The van der Waals surface area contributed by atoms with Crippen LogP contribution in [0.15, 0.2) is 0 Å². The molecule has 6 aliphatic rings. The van der Waals surface area contributed by atoms with Crippen molar-refractivity contribution in [1.29, 1.82) is 0 Å². The highest BCUT2D eigenvalue weighted by Crippen LogP contribution is 2.74. The maximum absolute atomic E-state index is 13.0. The third kappa shape index (κ3) is 5.09. The topological polar surface area (TPSA) is 190 Å². The average Bonchev–Trinajstić information content (AvgIpc) is 3.54. The number of hydrogen-bond acceptors (Lipinski definition) is 11. The van der Waals surface area contributed by atoms with Gasteiger partial charge in [-0.25, -0.2) is 0 Å². The molecule has 0 aromatic heterocycles. The van der Waals surface area contributed by atoms with Gasteiger partial charge in [-0.05, 0) is 87.4 Å². The number of rotatable bonds is 6. The third-order valence-electron chi connectivity index (χ3n) is 14.6. The Bertz CT molecular complexity index is 1130. The van der Waals surface area contributed by atoms with Gasteiger partial charge < -0.3 is 55.1 Å². The maximum Gasteiger partial charge on any atom is 0.184 e. The summed E-state index contributed by atoms with van der Waals surface area (Å²) in [5, 5.41) is 89.3. The first-order valence-corrected chi connectivity index (χ1v) is 17.7. The fourth-order valence-corrected chi connectivity index (χ4v) is 12.3. The van der Waals surface area contributed by atoms with Crippen LogP contribution < -0.4 is 0 Å². The number of aliphatic hydroxyl groups excluding tert-OH is 5. The van der Waals surface area contributed by atoms with Gasteiger partial charge in [0.25, 0.3) is 0 Å². The average molecular weight is 657 g/mol. The van der Waals surface area contributed by atoms with E-state index in [1.165, 1.54) is 0 Å². The number of aliphatic hydroxyl groups is 8. The van der Waals surface area contributed by atoms with Crippen molar-refractivity contribution in [2.75, 3.05) is 13.2 Å².